The van der Waals surface area contributed by atoms with E-state index in [9.17, 15) is 9.59 Å². The van der Waals surface area contributed by atoms with E-state index in [0.29, 0.717) is 19.4 Å². The second kappa shape index (κ2) is 16.1. The Labute approximate surface area is 236 Å². The van der Waals surface area contributed by atoms with Crippen LogP contribution in [0, 0.1) is 11.8 Å². The van der Waals surface area contributed by atoms with Gasteiger partial charge in [-0.05, 0) is 6.92 Å². The number of carbonyl (C=O) groups is 2. The maximum absolute atomic E-state index is 11.6. The number of carbonyl (C=O) groups excluding carboxylic acids is 2. The van der Waals surface area contributed by atoms with Gasteiger partial charge in [-0.2, -0.15) is 0 Å². The minimum absolute atomic E-state index is 0.243. The molecule has 0 aliphatic carbocycles. The molecule has 3 rings (SSSR count). The Morgan fingerprint density at radius 3 is 1.89 bits per heavy atom. The van der Waals surface area contributed by atoms with Crippen molar-refractivity contribution in [1.82, 2.24) is 0 Å². The SMILES string of the molecule is CCOC(=O)CCC[C@@H](C#C/C=C/C[I-][P+](c1ccccc1)(c1ccccc1)c1ccccc1)OC(C)=O. The Balaban J connectivity index is 1.77. The number of benzene rings is 3. The van der Waals surface area contributed by atoms with Gasteiger partial charge in [0.25, 0.3) is 0 Å². The fraction of sp³-hybridized carbons (Fsp3) is 0.250. The number of alkyl halides is 1. The maximum atomic E-state index is 11.6. The topological polar surface area (TPSA) is 52.6 Å². The van der Waals surface area contributed by atoms with Crippen LogP contribution in [-0.4, -0.2) is 29.1 Å². The van der Waals surface area contributed by atoms with Crippen LogP contribution in [0.25, 0.3) is 0 Å². The van der Waals surface area contributed by atoms with Crippen molar-refractivity contribution >= 4 is 32.8 Å². The third-order valence-corrected chi connectivity index (χ3v) is 18.9. The van der Waals surface area contributed by atoms with Crippen molar-refractivity contribution in [1.29, 1.82) is 0 Å². The van der Waals surface area contributed by atoms with Crippen molar-refractivity contribution < 1.29 is 39.7 Å². The quantitative estimate of drug-likeness (QED) is 0.100. The molecule has 198 valence electrons. The van der Waals surface area contributed by atoms with Crippen LogP contribution < -0.4 is 36.6 Å². The fourth-order valence-corrected chi connectivity index (χ4v) is 16.5. The summed E-state index contributed by atoms with van der Waals surface area (Å²) < 4.78 is 11.3. The summed E-state index contributed by atoms with van der Waals surface area (Å²) in [7, 11) is 0. The second-order valence-electron chi connectivity index (χ2n) is 8.36. The van der Waals surface area contributed by atoms with Crippen LogP contribution in [0.15, 0.2) is 103 Å². The molecule has 0 unspecified atom stereocenters. The zero-order valence-electron chi connectivity index (χ0n) is 21.9. The molecule has 0 radical (unpaired) electrons. The first-order valence-electron chi connectivity index (χ1n) is 12.7. The molecule has 38 heavy (non-hydrogen) atoms. The molecule has 0 saturated carbocycles. The molecule has 0 heterocycles. The molecule has 0 fully saturated rings. The van der Waals surface area contributed by atoms with Gasteiger partial charge in [0.1, 0.15) is 0 Å². The van der Waals surface area contributed by atoms with Crippen molar-refractivity contribution in [3.05, 3.63) is 103 Å². The van der Waals surface area contributed by atoms with E-state index in [-0.39, 0.29) is 39.0 Å². The van der Waals surface area contributed by atoms with Gasteiger partial charge in [-0.25, -0.2) is 0 Å². The Hall–Kier alpha value is -2.94. The average Bonchev–Trinajstić information content (AvgIpc) is 2.94. The van der Waals surface area contributed by atoms with E-state index >= 15 is 0 Å². The van der Waals surface area contributed by atoms with Crippen molar-refractivity contribution in [2.75, 3.05) is 11.0 Å². The Kier molecular flexibility index (Phi) is 12.6. The third kappa shape index (κ3) is 8.82. The van der Waals surface area contributed by atoms with Crippen LogP contribution in [0.4, 0.5) is 0 Å². The van der Waals surface area contributed by atoms with Crippen LogP contribution in [0.3, 0.4) is 0 Å². The van der Waals surface area contributed by atoms with Crippen molar-refractivity contribution in [3.8, 4) is 11.8 Å². The summed E-state index contributed by atoms with van der Waals surface area (Å²) in [5, 5.41) is 4.21. The summed E-state index contributed by atoms with van der Waals surface area (Å²) in [6, 6.07) is 32.7. The first-order chi connectivity index (χ1) is 18.6. The predicted molar refractivity (Wildman–Crippen MR) is 153 cm³/mol. The summed E-state index contributed by atoms with van der Waals surface area (Å²) in [6.07, 6.45) is 4.82. The van der Waals surface area contributed by atoms with E-state index in [4.69, 9.17) is 9.47 Å². The van der Waals surface area contributed by atoms with E-state index in [1.165, 1.54) is 22.8 Å². The van der Waals surface area contributed by atoms with Gasteiger partial charge in [0.15, 0.2) is 0 Å². The van der Waals surface area contributed by atoms with Gasteiger partial charge in [0.05, 0.1) is 0 Å². The second-order valence-corrected chi connectivity index (χ2v) is 18.6. The van der Waals surface area contributed by atoms with E-state index in [0.717, 1.165) is 4.43 Å². The molecule has 0 aromatic heterocycles. The van der Waals surface area contributed by atoms with Crippen molar-refractivity contribution in [3.63, 3.8) is 0 Å². The van der Waals surface area contributed by atoms with E-state index in [1.807, 2.05) is 6.08 Å². The molecular weight excluding hydrogens is 606 g/mol. The van der Waals surface area contributed by atoms with Gasteiger partial charge in [0.2, 0.25) is 0 Å². The number of esters is 2. The van der Waals surface area contributed by atoms with Crippen LogP contribution >= 0.6 is 4.90 Å². The predicted octanol–water partition coefficient (Wildman–Crippen LogP) is 2.21. The van der Waals surface area contributed by atoms with Crippen molar-refractivity contribution in [2.45, 2.75) is 39.2 Å². The molecular formula is C32H34IO4P. The zero-order valence-corrected chi connectivity index (χ0v) is 24.9. The molecule has 0 aliphatic rings. The first kappa shape index (κ1) is 29.6. The van der Waals surface area contributed by atoms with Gasteiger partial charge < -0.3 is 0 Å². The van der Waals surface area contributed by atoms with Crippen LogP contribution in [0.5, 0.6) is 0 Å². The molecule has 0 N–H and O–H groups in total. The Morgan fingerprint density at radius 1 is 0.895 bits per heavy atom. The Morgan fingerprint density at radius 2 is 1.42 bits per heavy atom. The fourth-order valence-electron chi connectivity index (χ4n) is 3.97. The molecule has 6 heteroatoms. The number of rotatable bonds is 12. The van der Waals surface area contributed by atoms with E-state index in [2.05, 4.69) is 109 Å². The number of ether oxygens (including phenoxy) is 2. The molecule has 3 aromatic rings. The number of allylic oxidation sites excluding steroid dienone is 2. The first-order valence-corrected chi connectivity index (χ1v) is 18.8. The van der Waals surface area contributed by atoms with E-state index < -0.39 is 11.0 Å². The molecule has 1 atom stereocenters. The van der Waals surface area contributed by atoms with Gasteiger partial charge in [-0.15, -0.1) is 0 Å². The minimum atomic E-state index is -1.77. The summed E-state index contributed by atoms with van der Waals surface area (Å²) in [6.45, 7) is 3.52. The molecule has 4 nitrogen and oxygen atoms in total. The molecule has 0 saturated heterocycles. The standard InChI is InChI=1S/C32H34IO4P/c1-3-36-32(35)25-16-18-28(37-27(2)34)17-8-7-15-26-33-38(29-19-9-4-10-20-29,30-21-11-5-12-22-30)31-23-13-6-14-24-31/h4-7,9-15,19-24,28H,3,16,18,25-26H2,1-2H3/b15-7+/t28-/m1/s1. The normalized spacial score (nSPS) is 11.9. The number of hydrogen-bond acceptors (Lipinski definition) is 4. The Bertz CT molecular complexity index is 1140. The molecule has 0 aliphatic heterocycles. The van der Waals surface area contributed by atoms with Crippen LogP contribution in [0.2, 0.25) is 0 Å². The summed E-state index contributed by atoms with van der Waals surface area (Å²) >= 11 is -0.313. The molecule has 0 spiro atoms. The van der Waals surface area contributed by atoms with Crippen molar-refractivity contribution in [2.24, 2.45) is 0 Å². The number of halogens is 1. The van der Waals surface area contributed by atoms with Crippen LogP contribution in [0.1, 0.15) is 33.1 Å². The monoisotopic (exact) mass is 640 g/mol. The van der Waals surface area contributed by atoms with E-state index in [1.54, 1.807) is 6.92 Å². The summed E-state index contributed by atoms with van der Waals surface area (Å²) in [4.78, 5) is 21.3. The summed E-state index contributed by atoms with van der Waals surface area (Å²) in [5.74, 6) is 5.49. The number of hydrogen-bond donors (Lipinski definition) is 0. The van der Waals surface area contributed by atoms with Gasteiger partial charge in [0, 0.05) is 0 Å². The molecule has 0 amide bonds. The van der Waals surface area contributed by atoms with Crippen LogP contribution in [-0.2, 0) is 19.1 Å². The molecule has 3 aromatic carbocycles. The van der Waals surface area contributed by atoms with Gasteiger partial charge >= 0.3 is 231 Å². The zero-order chi connectivity index (χ0) is 27.1. The van der Waals surface area contributed by atoms with Gasteiger partial charge in [-0.3, -0.25) is 0 Å². The summed E-state index contributed by atoms with van der Waals surface area (Å²) in [5.41, 5.74) is 0. The molecule has 0 bridgehead atoms. The average molecular weight is 640 g/mol. The third-order valence-electron chi connectivity index (χ3n) is 5.58. The van der Waals surface area contributed by atoms with Gasteiger partial charge in [-0.1, -0.05) is 0 Å².